The number of benzene rings is 6. The predicted molar refractivity (Wildman–Crippen MR) is 176 cm³/mol. The van der Waals surface area contributed by atoms with Crippen LogP contribution in [-0.4, -0.2) is 0 Å². The number of rotatable bonds is 9. The van der Waals surface area contributed by atoms with Gasteiger partial charge in [0.05, 0.1) is 4.90 Å². The molecule has 0 bridgehead atoms. The molecule has 0 atom stereocenters. The minimum atomic E-state index is -0.856. The van der Waals surface area contributed by atoms with Crippen molar-refractivity contribution in [3.8, 4) is 0 Å². The summed E-state index contributed by atoms with van der Waals surface area (Å²) in [7, 11) is -1.71. The molecule has 0 aromatic heterocycles. The second-order valence-corrected chi connectivity index (χ2v) is 15.1. The molecule has 0 unspecified atom stereocenters. The Morgan fingerprint density at radius 3 is 0.925 bits per heavy atom. The minimum absolute atomic E-state index is 0.224. The lowest BCUT2D eigenvalue weighted by molar-refractivity contribution is 0.846. The van der Waals surface area contributed by atoms with Crippen LogP contribution in [0.1, 0.15) is 11.1 Å². The SMILES string of the molecule is c1ccc(CC(c2ccccc2)(P(c2ccccc2)c2ccccc2)P(c2ccccc2)c2ccccc2)cc1. The molecule has 0 amide bonds. The summed E-state index contributed by atoms with van der Waals surface area (Å²) in [6.45, 7) is 0. The Bertz CT molecular complexity index is 1430. The molecule has 194 valence electrons. The zero-order valence-corrected chi connectivity index (χ0v) is 24.2. The second-order valence-electron chi connectivity index (χ2n) is 9.86. The molecule has 0 aliphatic heterocycles. The highest BCUT2D eigenvalue weighted by Gasteiger charge is 2.49. The van der Waals surface area contributed by atoms with Crippen molar-refractivity contribution in [2.75, 3.05) is 0 Å². The summed E-state index contributed by atoms with van der Waals surface area (Å²) < 4.78 is 0. The van der Waals surface area contributed by atoms with Crippen molar-refractivity contribution in [3.63, 3.8) is 0 Å². The van der Waals surface area contributed by atoms with E-state index in [2.05, 4.69) is 182 Å². The third-order valence-corrected chi connectivity index (χ3v) is 14.1. The standard InChI is InChI=1S/C38H32P2/c1-7-19-32(20-8-1)31-38(33-21-9-2-10-22-33,39(34-23-11-3-12-24-34)35-25-13-4-14-26-35)40(36-27-15-5-16-28-36)37-29-17-6-18-30-37/h1-30H,31H2. The average molecular weight is 551 g/mol. The normalized spacial score (nSPS) is 11.6. The Labute approximate surface area is 240 Å². The Hall–Kier alpha value is -3.82. The molecule has 6 aromatic rings. The fourth-order valence-electron chi connectivity index (χ4n) is 5.66. The van der Waals surface area contributed by atoms with E-state index in [0.29, 0.717) is 0 Å². The van der Waals surface area contributed by atoms with E-state index in [0.717, 1.165) is 6.42 Å². The lowest BCUT2D eigenvalue weighted by Crippen LogP contribution is -2.39. The van der Waals surface area contributed by atoms with Crippen LogP contribution in [0, 0.1) is 0 Å². The first kappa shape index (κ1) is 26.4. The molecule has 40 heavy (non-hydrogen) atoms. The van der Waals surface area contributed by atoms with Crippen LogP contribution in [0.5, 0.6) is 0 Å². The topological polar surface area (TPSA) is 0 Å². The van der Waals surface area contributed by atoms with Crippen LogP contribution in [0.2, 0.25) is 0 Å². The van der Waals surface area contributed by atoms with Gasteiger partial charge < -0.3 is 0 Å². The molecule has 6 aromatic carbocycles. The molecule has 0 aliphatic rings. The van der Waals surface area contributed by atoms with E-state index < -0.39 is 15.8 Å². The summed E-state index contributed by atoms with van der Waals surface area (Å²) in [5.74, 6) is 0. The van der Waals surface area contributed by atoms with Gasteiger partial charge in [-0.3, -0.25) is 0 Å². The quantitative estimate of drug-likeness (QED) is 0.159. The van der Waals surface area contributed by atoms with Crippen molar-refractivity contribution in [1.29, 1.82) is 0 Å². The van der Waals surface area contributed by atoms with Crippen molar-refractivity contribution in [2.24, 2.45) is 0 Å². The van der Waals surface area contributed by atoms with Crippen molar-refractivity contribution < 1.29 is 0 Å². The van der Waals surface area contributed by atoms with Gasteiger partial charge in [0, 0.05) is 0 Å². The second kappa shape index (κ2) is 12.6. The number of hydrogen-bond acceptors (Lipinski definition) is 0. The van der Waals surface area contributed by atoms with E-state index >= 15 is 0 Å². The molecule has 2 heteroatoms. The lowest BCUT2D eigenvalue weighted by atomic mass is 10.0. The fourth-order valence-corrected chi connectivity index (χ4v) is 13.5. The first-order valence-electron chi connectivity index (χ1n) is 13.8. The predicted octanol–water partition coefficient (Wildman–Crippen LogP) is 8.35. The molecule has 0 heterocycles. The fraction of sp³-hybridized carbons (Fsp3) is 0.0526. The molecule has 0 nitrogen and oxygen atoms in total. The largest absolute Gasteiger partial charge is 0.0622 e. The number of hydrogen-bond donors (Lipinski definition) is 0. The molecule has 0 aliphatic carbocycles. The van der Waals surface area contributed by atoms with Crippen LogP contribution in [0.25, 0.3) is 0 Å². The Morgan fingerprint density at radius 2 is 0.600 bits per heavy atom. The molecule has 0 fully saturated rings. The van der Waals surface area contributed by atoms with Gasteiger partial charge >= 0.3 is 0 Å². The van der Waals surface area contributed by atoms with E-state index in [1.807, 2.05) is 0 Å². The summed E-state index contributed by atoms with van der Waals surface area (Å²) in [5.41, 5.74) is 2.77. The molecule has 0 saturated heterocycles. The molecule has 0 saturated carbocycles. The molecule has 0 spiro atoms. The van der Waals surface area contributed by atoms with Crippen LogP contribution < -0.4 is 21.2 Å². The monoisotopic (exact) mass is 550 g/mol. The Kier molecular flexibility index (Phi) is 8.30. The van der Waals surface area contributed by atoms with Gasteiger partial charge in [-0.1, -0.05) is 182 Å². The maximum atomic E-state index is 2.38. The van der Waals surface area contributed by atoms with Crippen LogP contribution in [0.15, 0.2) is 182 Å². The van der Waals surface area contributed by atoms with E-state index in [1.165, 1.54) is 32.3 Å². The third kappa shape index (κ3) is 5.44. The first-order chi connectivity index (χ1) is 19.9. The molecule has 6 rings (SSSR count). The highest BCUT2D eigenvalue weighted by molar-refractivity contribution is 7.90. The maximum Gasteiger partial charge on any atom is 0.0554 e. The van der Waals surface area contributed by atoms with E-state index in [-0.39, 0.29) is 4.90 Å². The van der Waals surface area contributed by atoms with Gasteiger partial charge in [-0.2, -0.15) is 0 Å². The van der Waals surface area contributed by atoms with Crippen molar-refractivity contribution in [2.45, 2.75) is 11.3 Å². The van der Waals surface area contributed by atoms with Crippen molar-refractivity contribution in [1.82, 2.24) is 0 Å². The van der Waals surface area contributed by atoms with Gasteiger partial charge in [-0.15, -0.1) is 0 Å². The van der Waals surface area contributed by atoms with E-state index in [1.54, 1.807) is 0 Å². The van der Waals surface area contributed by atoms with Crippen molar-refractivity contribution in [3.05, 3.63) is 193 Å². The average Bonchev–Trinajstić information content (AvgIpc) is 3.04. The van der Waals surface area contributed by atoms with Gasteiger partial charge in [0.2, 0.25) is 0 Å². The van der Waals surface area contributed by atoms with E-state index in [9.17, 15) is 0 Å². The van der Waals surface area contributed by atoms with Crippen molar-refractivity contribution >= 4 is 37.1 Å². The highest BCUT2D eigenvalue weighted by Crippen LogP contribution is 2.71. The third-order valence-electron chi connectivity index (χ3n) is 7.33. The molecule has 0 N–H and O–H groups in total. The summed E-state index contributed by atoms with van der Waals surface area (Å²) in [5, 5.41) is 5.62. The zero-order valence-electron chi connectivity index (χ0n) is 22.4. The molecular weight excluding hydrogens is 518 g/mol. The molecule has 0 radical (unpaired) electrons. The smallest absolute Gasteiger partial charge is 0.0554 e. The van der Waals surface area contributed by atoms with Crippen LogP contribution in [0.3, 0.4) is 0 Å². The molecular formula is C38H32P2. The van der Waals surface area contributed by atoms with Gasteiger partial charge in [-0.25, -0.2) is 0 Å². The van der Waals surface area contributed by atoms with Crippen LogP contribution >= 0.6 is 15.8 Å². The zero-order chi connectivity index (χ0) is 27.0. The minimum Gasteiger partial charge on any atom is -0.0622 e. The Balaban J connectivity index is 1.76. The highest BCUT2D eigenvalue weighted by atomic mass is 31.2. The maximum absolute atomic E-state index is 2.38. The first-order valence-corrected chi connectivity index (χ1v) is 16.4. The summed E-state index contributed by atoms with van der Waals surface area (Å²) in [6, 6.07) is 67.5. The summed E-state index contributed by atoms with van der Waals surface area (Å²) in [4.78, 5) is -0.224. The summed E-state index contributed by atoms with van der Waals surface area (Å²) >= 11 is 0. The Morgan fingerprint density at radius 1 is 0.325 bits per heavy atom. The van der Waals surface area contributed by atoms with Gasteiger partial charge in [-0.05, 0) is 54.6 Å². The van der Waals surface area contributed by atoms with Gasteiger partial charge in [0.1, 0.15) is 0 Å². The van der Waals surface area contributed by atoms with Gasteiger partial charge in [0.15, 0.2) is 0 Å². The van der Waals surface area contributed by atoms with E-state index in [4.69, 9.17) is 0 Å². The van der Waals surface area contributed by atoms with Gasteiger partial charge in [0.25, 0.3) is 0 Å². The summed E-state index contributed by atoms with van der Waals surface area (Å²) in [6.07, 6.45) is 0.933. The lowest BCUT2D eigenvalue weighted by Gasteiger charge is -2.48. The van der Waals surface area contributed by atoms with Crippen LogP contribution in [-0.2, 0) is 11.3 Å². The van der Waals surface area contributed by atoms with Crippen LogP contribution in [0.4, 0.5) is 0 Å².